The van der Waals surface area contributed by atoms with Crippen LogP contribution in [0, 0.1) is 11.3 Å². The molecule has 0 aromatic rings. The van der Waals surface area contributed by atoms with Crippen LogP contribution in [0.2, 0.25) is 0 Å². The van der Waals surface area contributed by atoms with Gasteiger partial charge in [-0.1, -0.05) is 20.8 Å². The second-order valence-corrected chi connectivity index (χ2v) is 6.18. The zero-order valence-electron chi connectivity index (χ0n) is 13.0. The summed E-state index contributed by atoms with van der Waals surface area (Å²) >= 11 is 0. The number of esters is 1. The van der Waals surface area contributed by atoms with Crippen LogP contribution in [-0.2, 0) is 19.1 Å². The van der Waals surface area contributed by atoms with Crippen molar-refractivity contribution in [3.8, 4) is 0 Å². The molecule has 2 atom stereocenters. The fourth-order valence-electron chi connectivity index (χ4n) is 2.63. The lowest BCUT2D eigenvalue weighted by molar-refractivity contribution is -0.162. The number of methoxy groups -OCH3 is 1. The van der Waals surface area contributed by atoms with Gasteiger partial charge in [-0.15, -0.1) is 0 Å². The van der Waals surface area contributed by atoms with Crippen LogP contribution in [0.15, 0.2) is 0 Å². The van der Waals surface area contributed by atoms with Crippen molar-refractivity contribution in [3.05, 3.63) is 0 Å². The summed E-state index contributed by atoms with van der Waals surface area (Å²) in [7, 11) is 1.54. The van der Waals surface area contributed by atoms with Crippen LogP contribution in [0.4, 0.5) is 0 Å². The Morgan fingerprint density at radius 3 is 2.70 bits per heavy atom. The minimum atomic E-state index is -0.779. The first-order valence-electron chi connectivity index (χ1n) is 7.37. The van der Waals surface area contributed by atoms with Gasteiger partial charge in [0.15, 0.2) is 0 Å². The molecule has 0 saturated heterocycles. The molecule has 2 unspecified atom stereocenters. The number of hydrogen-bond donors (Lipinski definition) is 1. The molecule has 1 saturated carbocycles. The summed E-state index contributed by atoms with van der Waals surface area (Å²) in [5.41, 5.74) is 0.190. The number of carbonyl (C=O) groups excluding carboxylic acids is 2. The maximum absolute atomic E-state index is 11.7. The lowest BCUT2D eigenvalue weighted by Crippen LogP contribution is -2.40. The Bertz CT molecular complexity index is 343. The molecule has 1 rings (SSSR count). The standard InChI is InChI=1S/C15H27NO4/c1-11(2)15(3)7-5-6-12(10-15)20-14(18)13(17)16-8-9-19-4/h11-12H,5-10H2,1-4H3,(H,16,17). The molecule has 0 aliphatic heterocycles. The monoisotopic (exact) mass is 285 g/mol. The maximum atomic E-state index is 11.7. The summed E-state index contributed by atoms with van der Waals surface area (Å²) < 4.78 is 10.1. The molecule has 1 amide bonds. The summed E-state index contributed by atoms with van der Waals surface area (Å²) in [5, 5.41) is 2.48. The minimum Gasteiger partial charge on any atom is -0.455 e. The fourth-order valence-corrected chi connectivity index (χ4v) is 2.63. The Labute approximate surface area is 121 Å². The third-order valence-electron chi connectivity index (χ3n) is 4.41. The highest BCUT2D eigenvalue weighted by atomic mass is 16.5. The van der Waals surface area contributed by atoms with Gasteiger partial charge in [0.25, 0.3) is 0 Å². The van der Waals surface area contributed by atoms with Gasteiger partial charge in [0.2, 0.25) is 0 Å². The molecule has 5 heteroatoms. The number of ether oxygens (including phenoxy) is 2. The van der Waals surface area contributed by atoms with Gasteiger partial charge in [0, 0.05) is 13.7 Å². The molecule has 5 nitrogen and oxygen atoms in total. The highest BCUT2D eigenvalue weighted by Crippen LogP contribution is 2.42. The number of rotatable bonds is 5. The first-order chi connectivity index (χ1) is 9.39. The van der Waals surface area contributed by atoms with Crippen LogP contribution < -0.4 is 5.32 Å². The van der Waals surface area contributed by atoms with Gasteiger partial charge in [0.05, 0.1) is 6.61 Å². The van der Waals surface area contributed by atoms with Crippen LogP contribution in [0.25, 0.3) is 0 Å². The SMILES string of the molecule is COCCNC(=O)C(=O)OC1CCCC(C)(C(C)C)C1. The Kier molecular flexibility index (Phi) is 6.46. The van der Waals surface area contributed by atoms with Crippen molar-refractivity contribution in [2.24, 2.45) is 11.3 Å². The molecule has 1 N–H and O–H groups in total. The summed E-state index contributed by atoms with van der Waals surface area (Å²) in [6, 6.07) is 0. The number of carbonyl (C=O) groups is 2. The third-order valence-corrected chi connectivity index (χ3v) is 4.41. The zero-order valence-corrected chi connectivity index (χ0v) is 13.0. The van der Waals surface area contributed by atoms with Crippen LogP contribution in [0.1, 0.15) is 46.5 Å². The zero-order chi connectivity index (χ0) is 15.2. The van der Waals surface area contributed by atoms with Crippen LogP contribution >= 0.6 is 0 Å². The molecule has 0 aromatic heterocycles. The lowest BCUT2D eigenvalue weighted by atomic mass is 9.67. The van der Waals surface area contributed by atoms with Gasteiger partial charge in [-0.25, -0.2) is 4.79 Å². The smallest absolute Gasteiger partial charge is 0.397 e. The molecule has 0 radical (unpaired) electrons. The summed E-state index contributed by atoms with van der Waals surface area (Å²) in [5.74, 6) is -0.919. The minimum absolute atomic E-state index is 0.142. The van der Waals surface area contributed by atoms with Crippen molar-refractivity contribution >= 4 is 11.9 Å². The highest BCUT2D eigenvalue weighted by molar-refractivity contribution is 6.32. The van der Waals surface area contributed by atoms with Crippen molar-refractivity contribution in [2.45, 2.75) is 52.6 Å². The molecule has 1 aliphatic carbocycles. The fraction of sp³-hybridized carbons (Fsp3) is 0.867. The average Bonchev–Trinajstić information content (AvgIpc) is 2.38. The average molecular weight is 285 g/mol. The Morgan fingerprint density at radius 1 is 1.40 bits per heavy atom. The first kappa shape index (κ1) is 17.0. The number of amides is 1. The van der Waals surface area contributed by atoms with Crippen molar-refractivity contribution in [1.29, 1.82) is 0 Å². The predicted octanol–water partition coefficient (Wildman–Crippen LogP) is 1.90. The Balaban J connectivity index is 2.43. The van der Waals surface area contributed by atoms with E-state index in [0.717, 1.165) is 25.7 Å². The van der Waals surface area contributed by atoms with E-state index in [1.54, 1.807) is 7.11 Å². The van der Waals surface area contributed by atoms with E-state index in [1.807, 2.05) is 0 Å². The molecule has 20 heavy (non-hydrogen) atoms. The van der Waals surface area contributed by atoms with Crippen molar-refractivity contribution in [3.63, 3.8) is 0 Å². The van der Waals surface area contributed by atoms with Crippen molar-refractivity contribution in [1.82, 2.24) is 5.32 Å². The topological polar surface area (TPSA) is 64.6 Å². The molecule has 0 bridgehead atoms. The maximum Gasteiger partial charge on any atom is 0.397 e. The van der Waals surface area contributed by atoms with E-state index in [9.17, 15) is 9.59 Å². The third kappa shape index (κ3) is 4.78. The molecule has 1 fully saturated rings. The van der Waals surface area contributed by atoms with E-state index in [1.165, 1.54) is 0 Å². The van der Waals surface area contributed by atoms with Gasteiger partial charge in [-0.05, 0) is 37.0 Å². The predicted molar refractivity (Wildman–Crippen MR) is 76.2 cm³/mol. The molecule has 0 heterocycles. The van der Waals surface area contributed by atoms with E-state index in [0.29, 0.717) is 19.1 Å². The van der Waals surface area contributed by atoms with Gasteiger partial charge in [0.1, 0.15) is 6.10 Å². The first-order valence-corrected chi connectivity index (χ1v) is 7.37. The number of hydrogen-bond acceptors (Lipinski definition) is 4. The Morgan fingerprint density at radius 2 is 2.10 bits per heavy atom. The quantitative estimate of drug-likeness (QED) is 0.476. The van der Waals surface area contributed by atoms with E-state index in [4.69, 9.17) is 9.47 Å². The molecule has 1 aliphatic rings. The van der Waals surface area contributed by atoms with Crippen LogP contribution in [0.3, 0.4) is 0 Å². The molecule has 0 aromatic carbocycles. The summed E-state index contributed by atoms with van der Waals surface area (Å²) in [6.45, 7) is 7.33. The van der Waals surface area contributed by atoms with Gasteiger partial charge in [-0.3, -0.25) is 4.79 Å². The van der Waals surface area contributed by atoms with Crippen LogP contribution in [0.5, 0.6) is 0 Å². The van der Waals surface area contributed by atoms with Gasteiger partial charge >= 0.3 is 11.9 Å². The van der Waals surface area contributed by atoms with Gasteiger partial charge < -0.3 is 14.8 Å². The van der Waals surface area contributed by atoms with Crippen molar-refractivity contribution < 1.29 is 19.1 Å². The van der Waals surface area contributed by atoms with E-state index in [-0.39, 0.29) is 11.5 Å². The van der Waals surface area contributed by atoms with Crippen molar-refractivity contribution in [2.75, 3.05) is 20.3 Å². The second-order valence-electron chi connectivity index (χ2n) is 6.18. The van der Waals surface area contributed by atoms with E-state index in [2.05, 4.69) is 26.1 Å². The molecule has 0 spiro atoms. The van der Waals surface area contributed by atoms with E-state index >= 15 is 0 Å². The summed E-state index contributed by atoms with van der Waals surface area (Å²) in [6.07, 6.45) is 3.73. The highest BCUT2D eigenvalue weighted by Gasteiger charge is 2.36. The molecular formula is C15H27NO4. The second kappa shape index (κ2) is 7.62. The normalized spacial score (nSPS) is 26.4. The molecule has 116 valence electrons. The Hall–Kier alpha value is -1.10. The van der Waals surface area contributed by atoms with Gasteiger partial charge in [-0.2, -0.15) is 0 Å². The van der Waals surface area contributed by atoms with Crippen LogP contribution in [-0.4, -0.2) is 38.2 Å². The summed E-state index contributed by atoms with van der Waals surface area (Å²) in [4.78, 5) is 23.3. The van der Waals surface area contributed by atoms with E-state index < -0.39 is 11.9 Å². The number of nitrogens with one attached hydrogen (secondary N) is 1. The largest absolute Gasteiger partial charge is 0.455 e. The molecular weight excluding hydrogens is 258 g/mol. The lowest BCUT2D eigenvalue weighted by Gasteiger charge is -2.40.